The van der Waals surface area contributed by atoms with Crippen LogP contribution in [0.3, 0.4) is 0 Å². The van der Waals surface area contributed by atoms with Crippen LogP contribution >= 0.6 is 0 Å². The normalized spacial score (nSPS) is 13.2. The number of phenolic OH excluding ortho intramolecular Hbond substituents is 1. The van der Waals surface area contributed by atoms with Crippen molar-refractivity contribution in [1.29, 1.82) is 0 Å². The minimum atomic E-state index is -0.0295. The van der Waals surface area contributed by atoms with Gasteiger partial charge >= 0.3 is 0 Å². The van der Waals surface area contributed by atoms with E-state index in [1.807, 2.05) is 18.2 Å². The lowest BCUT2D eigenvalue weighted by molar-refractivity contribution is 0.103. The average molecular weight is 289 g/mol. The van der Waals surface area contributed by atoms with Crippen LogP contribution in [0.15, 0.2) is 48.5 Å². The van der Waals surface area contributed by atoms with E-state index in [0.717, 1.165) is 17.3 Å². The number of rotatable bonds is 2. The van der Waals surface area contributed by atoms with Gasteiger partial charge in [0.1, 0.15) is 5.75 Å². The Kier molecular flexibility index (Phi) is 2.70. The maximum Gasteiger partial charge on any atom is 0.209 e. The van der Waals surface area contributed by atoms with Gasteiger partial charge in [0, 0.05) is 16.5 Å². The smallest absolute Gasteiger partial charge is 0.209 e. The number of aromatic hydroxyl groups is 1. The molecule has 108 valence electrons. The van der Waals surface area contributed by atoms with Gasteiger partial charge in [0.05, 0.1) is 5.69 Å². The van der Waals surface area contributed by atoms with Crippen LogP contribution in [0.4, 0.5) is 0 Å². The Labute approximate surface area is 127 Å². The number of hydrogen-bond acceptors (Lipinski definition) is 2. The van der Waals surface area contributed by atoms with E-state index in [-0.39, 0.29) is 11.5 Å². The molecule has 1 aromatic heterocycles. The summed E-state index contributed by atoms with van der Waals surface area (Å²) < 4.78 is 0. The summed E-state index contributed by atoms with van der Waals surface area (Å²) in [6.07, 6.45) is 3.13. The molecule has 0 atom stereocenters. The largest absolute Gasteiger partial charge is 0.508 e. The predicted molar refractivity (Wildman–Crippen MR) is 87.2 cm³/mol. The van der Waals surface area contributed by atoms with Crippen LogP contribution in [0.25, 0.3) is 16.5 Å². The number of allylic oxidation sites excluding steroid dienone is 2. The van der Waals surface area contributed by atoms with Crippen LogP contribution in [-0.2, 0) is 6.42 Å². The summed E-state index contributed by atoms with van der Waals surface area (Å²) in [5, 5.41) is 10.4. The summed E-state index contributed by atoms with van der Waals surface area (Å²) in [6, 6.07) is 12.7. The highest BCUT2D eigenvalue weighted by Gasteiger charge is 2.16. The van der Waals surface area contributed by atoms with Gasteiger partial charge in [0.25, 0.3) is 0 Å². The molecule has 0 unspecified atom stereocenters. The first-order valence-electron chi connectivity index (χ1n) is 7.28. The molecule has 1 aliphatic carbocycles. The van der Waals surface area contributed by atoms with Gasteiger partial charge in [0.2, 0.25) is 5.78 Å². The fraction of sp³-hybridized carbons (Fsp3) is 0.105. The van der Waals surface area contributed by atoms with E-state index in [4.69, 9.17) is 0 Å². The van der Waals surface area contributed by atoms with Crippen molar-refractivity contribution < 1.29 is 9.90 Å². The first kappa shape index (κ1) is 12.9. The molecule has 0 radical (unpaired) electrons. The molecule has 2 aromatic carbocycles. The molecular weight excluding hydrogens is 274 g/mol. The van der Waals surface area contributed by atoms with E-state index in [1.54, 1.807) is 24.3 Å². The Morgan fingerprint density at radius 3 is 2.86 bits per heavy atom. The molecule has 0 bridgehead atoms. The van der Waals surface area contributed by atoms with Crippen LogP contribution in [0.1, 0.15) is 34.1 Å². The summed E-state index contributed by atoms with van der Waals surface area (Å²) >= 11 is 0. The third-order valence-electron chi connectivity index (χ3n) is 4.27. The van der Waals surface area contributed by atoms with E-state index < -0.39 is 0 Å². The second-order valence-electron chi connectivity index (χ2n) is 5.75. The van der Waals surface area contributed by atoms with Crippen molar-refractivity contribution in [2.75, 3.05) is 0 Å². The highest BCUT2D eigenvalue weighted by Crippen LogP contribution is 2.29. The SMILES string of the molecule is CC1=CCc2ccc(C(=O)c3cc4cc(O)ccc4[nH]3)cc21. The molecule has 1 heterocycles. The third kappa shape index (κ3) is 1.94. The summed E-state index contributed by atoms with van der Waals surface area (Å²) in [7, 11) is 0. The first-order valence-corrected chi connectivity index (χ1v) is 7.28. The Balaban J connectivity index is 1.77. The Morgan fingerprint density at radius 2 is 2.00 bits per heavy atom. The van der Waals surface area contributed by atoms with Crippen molar-refractivity contribution in [2.45, 2.75) is 13.3 Å². The monoisotopic (exact) mass is 289 g/mol. The number of hydrogen-bond donors (Lipinski definition) is 2. The summed E-state index contributed by atoms with van der Waals surface area (Å²) in [6.45, 7) is 2.08. The van der Waals surface area contributed by atoms with Crippen molar-refractivity contribution in [1.82, 2.24) is 4.98 Å². The fourth-order valence-electron chi connectivity index (χ4n) is 3.03. The van der Waals surface area contributed by atoms with Crippen molar-refractivity contribution in [3.63, 3.8) is 0 Å². The number of nitrogens with one attached hydrogen (secondary N) is 1. The number of H-pyrrole nitrogens is 1. The van der Waals surface area contributed by atoms with Gasteiger partial charge < -0.3 is 10.1 Å². The zero-order valence-electron chi connectivity index (χ0n) is 12.2. The lowest BCUT2D eigenvalue weighted by Gasteiger charge is -2.05. The van der Waals surface area contributed by atoms with Crippen LogP contribution in [0, 0.1) is 0 Å². The van der Waals surface area contributed by atoms with Crippen molar-refractivity contribution in [3.05, 3.63) is 70.9 Å². The molecule has 0 aliphatic heterocycles. The number of carbonyl (C=O) groups is 1. The predicted octanol–water partition coefficient (Wildman–Crippen LogP) is 4.06. The first-order chi connectivity index (χ1) is 10.6. The maximum atomic E-state index is 12.7. The summed E-state index contributed by atoms with van der Waals surface area (Å²) in [5.41, 5.74) is 5.74. The number of aromatic amines is 1. The summed E-state index contributed by atoms with van der Waals surface area (Å²) in [4.78, 5) is 15.8. The number of carbonyl (C=O) groups excluding carboxylic acids is 1. The average Bonchev–Trinajstić information content (AvgIpc) is 3.10. The van der Waals surface area contributed by atoms with Crippen LogP contribution in [0.2, 0.25) is 0 Å². The lowest BCUT2D eigenvalue weighted by Crippen LogP contribution is -2.02. The fourth-order valence-corrected chi connectivity index (χ4v) is 3.03. The molecule has 0 amide bonds. The highest BCUT2D eigenvalue weighted by atomic mass is 16.3. The molecule has 4 rings (SSSR count). The minimum absolute atomic E-state index is 0.0295. The molecule has 22 heavy (non-hydrogen) atoms. The third-order valence-corrected chi connectivity index (χ3v) is 4.27. The van der Waals surface area contributed by atoms with Crippen LogP contribution in [0.5, 0.6) is 5.75 Å². The molecule has 0 saturated heterocycles. The van der Waals surface area contributed by atoms with E-state index in [9.17, 15) is 9.90 Å². The number of aromatic nitrogens is 1. The van der Waals surface area contributed by atoms with Gasteiger partial charge in [0.15, 0.2) is 0 Å². The molecule has 3 aromatic rings. The Bertz CT molecular complexity index is 947. The molecule has 0 saturated carbocycles. The zero-order valence-corrected chi connectivity index (χ0v) is 12.2. The highest BCUT2D eigenvalue weighted by molar-refractivity contribution is 6.10. The van der Waals surface area contributed by atoms with E-state index >= 15 is 0 Å². The standard InChI is InChI=1S/C19H15NO2/c1-11-2-3-12-4-5-13(9-16(11)12)19(22)18-10-14-8-15(21)6-7-17(14)20-18/h2,4-10,20-21H,3H2,1H3. The van der Waals surface area contributed by atoms with E-state index in [0.29, 0.717) is 11.3 Å². The quantitative estimate of drug-likeness (QED) is 0.699. The van der Waals surface area contributed by atoms with E-state index in [2.05, 4.69) is 18.0 Å². The lowest BCUT2D eigenvalue weighted by atomic mass is 10.00. The zero-order chi connectivity index (χ0) is 15.3. The number of fused-ring (bicyclic) bond motifs is 2. The molecule has 3 nitrogen and oxygen atoms in total. The second kappa shape index (κ2) is 4.60. The number of benzene rings is 2. The molecule has 3 heteroatoms. The Hall–Kier alpha value is -2.81. The van der Waals surface area contributed by atoms with Crippen molar-refractivity contribution in [2.24, 2.45) is 0 Å². The van der Waals surface area contributed by atoms with Gasteiger partial charge in [-0.1, -0.05) is 18.2 Å². The second-order valence-corrected chi connectivity index (χ2v) is 5.75. The van der Waals surface area contributed by atoms with Crippen molar-refractivity contribution >= 4 is 22.3 Å². The van der Waals surface area contributed by atoms with Gasteiger partial charge in [-0.3, -0.25) is 4.79 Å². The van der Waals surface area contributed by atoms with Crippen LogP contribution in [-0.4, -0.2) is 15.9 Å². The number of ketones is 1. The molecule has 0 spiro atoms. The molecule has 0 fully saturated rings. The molecule has 1 aliphatic rings. The van der Waals surface area contributed by atoms with Crippen LogP contribution < -0.4 is 0 Å². The van der Waals surface area contributed by atoms with Gasteiger partial charge in [-0.15, -0.1) is 0 Å². The summed E-state index contributed by atoms with van der Waals surface area (Å²) in [5.74, 6) is 0.169. The van der Waals surface area contributed by atoms with Gasteiger partial charge in [-0.2, -0.15) is 0 Å². The van der Waals surface area contributed by atoms with Crippen molar-refractivity contribution in [3.8, 4) is 5.75 Å². The van der Waals surface area contributed by atoms with Gasteiger partial charge in [-0.05, 0) is 60.4 Å². The minimum Gasteiger partial charge on any atom is -0.508 e. The topological polar surface area (TPSA) is 53.1 Å². The van der Waals surface area contributed by atoms with E-state index in [1.165, 1.54) is 16.7 Å². The molecule has 2 N–H and O–H groups in total. The maximum absolute atomic E-state index is 12.7. The molecular formula is C19H15NO2. The number of phenols is 1. The van der Waals surface area contributed by atoms with Gasteiger partial charge in [-0.25, -0.2) is 0 Å². The Morgan fingerprint density at radius 1 is 1.14 bits per heavy atom.